The van der Waals surface area contributed by atoms with E-state index in [0.717, 1.165) is 0 Å². The third-order valence-corrected chi connectivity index (χ3v) is 3.02. The number of carbonyl (C=O) groups is 1. The number of carbonyl (C=O) groups excluding carboxylic acids is 1. The Labute approximate surface area is 118 Å². The van der Waals surface area contributed by atoms with Gasteiger partial charge in [0.1, 0.15) is 11.6 Å². The molecule has 0 heterocycles. The second-order valence-electron chi connectivity index (χ2n) is 3.91. The summed E-state index contributed by atoms with van der Waals surface area (Å²) in [6.07, 6.45) is 2.73. The van der Waals surface area contributed by atoms with Gasteiger partial charge in [-0.15, -0.1) is 0 Å². The van der Waals surface area contributed by atoms with Gasteiger partial charge in [0.2, 0.25) is 0 Å². The zero-order valence-electron chi connectivity index (χ0n) is 9.81. The van der Waals surface area contributed by atoms with E-state index in [9.17, 15) is 9.18 Å². The van der Waals surface area contributed by atoms with Gasteiger partial charge in [0.25, 0.3) is 0 Å². The lowest BCUT2D eigenvalue weighted by atomic mass is 10.1. The highest BCUT2D eigenvalue weighted by Gasteiger charge is 2.03. The maximum Gasteiger partial charge on any atom is 0.185 e. The summed E-state index contributed by atoms with van der Waals surface area (Å²) in [7, 11) is 0. The predicted octanol–water partition coefficient (Wildman–Crippen LogP) is 4.19. The molecule has 0 fully saturated rings. The van der Waals surface area contributed by atoms with Gasteiger partial charge < -0.3 is 5.11 Å². The predicted molar refractivity (Wildman–Crippen MR) is 75.6 cm³/mol. The molecule has 19 heavy (non-hydrogen) atoms. The Balaban J connectivity index is 2.18. The van der Waals surface area contributed by atoms with Crippen molar-refractivity contribution >= 4 is 27.8 Å². The van der Waals surface area contributed by atoms with Crippen LogP contribution < -0.4 is 0 Å². The molecule has 1 N–H and O–H groups in total. The van der Waals surface area contributed by atoms with Crippen LogP contribution in [0.1, 0.15) is 15.9 Å². The molecule has 0 bridgehead atoms. The van der Waals surface area contributed by atoms with E-state index < -0.39 is 5.82 Å². The number of allylic oxidation sites excluding steroid dienone is 1. The summed E-state index contributed by atoms with van der Waals surface area (Å²) in [5.41, 5.74) is 0.780. The van der Waals surface area contributed by atoms with Crippen LogP contribution in [0.5, 0.6) is 5.75 Å². The monoisotopic (exact) mass is 320 g/mol. The molecule has 0 saturated heterocycles. The Bertz CT molecular complexity index is 633. The van der Waals surface area contributed by atoms with Gasteiger partial charge in [-0.3, -0.25) is 4.79 Å². The van der Waals surface area contributed by atoms with Crippen molar-refractivity contribution in [2.45, 2.75) is 0 Å². The number of hydrogen-bond acceptors (Lipinski definition) is 2. The Morgan fingerprint density at radius 3 is 2.47 bits per heavy atom. The Morgan fingerprint density at radius 1 is 1.16 bits per heavy atom. The standard InChI is InChI=1S/C15H10BrFO2/c16-12-5-1-10(14(17)9-12)4-8-15(19)11-2-6-13(18)7-3-11/h1-9,18H/b8-4+. The number of halogens is 2. The summed E-state index contributed by atoms with van der Waals surface area (Å²) in [5, 5.41) is 9.13. The molecule has 0 atom stereocenters. The molecule has 2 aromatic rings. The lowest BCUT2D eigenvalue weighted by molar-refractivity contribution is 0.104. The van der Waals surface area contributed by atoms with Crippen molar-refractivity contribution in [3.8, 4) is 5.75 Å². The van der Waals surface area contributed by atoms with E-state index in [1.807, 2.05) is 0 Å². The number of ketones is 1. The van der Waals surface area contributed by atoms with Gasteiger partial charge >= 0.3 is 0 Å². The van der Waals surface area contributed by atoms with E-state index in [1.165, 1.54) is 42.5 Å². The quantitative estimate of drug-likeness (QED) is 0.680. The topological polar surface area (TPSA) is 37.3 Å². The highest BCUT2D eigenvalue weighted by Crippen LogP contribution is 2.17. The fourth-order valence-corrected chi connectivity index (χ4v) is 1.86. The maximum absolute atomic E-state index is 13.5. The van der Waals surface area contributed by atoms with E-state index in [0.29, 0.717) is 15.6 Å². The molecule has 2 rings (SSSR count). The van der Waals surface area contributed by atoms with Crippen LogP contribution in [-0.4, -0.2) is 10.9 Å². The molecular formula is C15H10BrFO2. The molecule has 0 aliphatic carbocycles. The van der Waals surface area contributed by atoms with Gasteiger partial charge in [0.05, 0.1) is 0 Å². The van der Waals surface area contributed by atoms with E-state index in [-0.39, 0.29) is 11.5 Å². The van der Waals surface area contributed by atoms with Crippen molar-refractivity contribution in [3.05, 3.63) is 70.0 Å². The van der Waals surface area contributed by atoms with Crippen molar-refractivity contribution in [2.75, 3.05) is 0 Å². The molecule has 0 aliphatic rings. The molecule has 2 nitrogen and oxygen atoms in total. The molecule has 0 amide bonds. The highest BCUT2D eigenvalue weighted by molar-refractivity contribution is 9.10. The van der Waals surface area contributed by atoms with Gasteiger partial charge in [-0.2, -0.15) is 0 Å². The lowest BCUT2D eigenvalue weighted by Gasteiger charge is -1.98. The molecular weight excluding hydrogens is 311 g/mol. The minimum atomic E-state index is -0.399. The van der Waals surface area contributed by atoms with Crippen molar-refractivity contribution in [1.29, 1.82) is 0 Å². The summed E-state index contributed by atoms with van der Waals surface area (Å²) in [6, 6.07) is 10.5. The highest BCUT2D eigenvalue weighted by atomic mass is 79.9. The smallest absolute Gasteiger partial charge is 0.185 e. The maximum atomic E-state index is 13.5. The van der Waals surface area contributed by atoms with Gasteiger partial charge in [-0.1, -0.05) is 22.0 Å². The Morgan fingerprint density at radius 2 is 1.84 bits per heavy atom. The molecule has 0 aliphatic heterocycles. The molecule has 2 aromatic carbocycles. The zero-order valence-corrected chi connectivity index (χ0v) is 11.4. The van der Waals surface area contributed by atoms with Crippen LogP contribution in [0, 0.1) is 5.82 Å². The van der Waals surface area contributed by atoms with E-state index in [4.69, 9.17) is 5.11 Å². The fourth-order valence-electron chi connectivity index (χ4n) is 1.52. The van der Waals surface area contributed by atoms with E-state index in [2.05, 4.69) is 15.9 Å². The average Bonchev–Trinajstić information content (AvgIpc) is 2.38. The normalized spacial score (nSPS) is 10.8. The SMILES string of the molecule is O=C(/C=C/c1ccc(Br)cc1F)c1ccc(O)cc1. The summed E-state index contributed by atoms with van der Waals surface area (Å²) < 4.78 is 14.2. The van der Waals surface area contributed by atoms with Crippen molar-refractivity contribution in [3.63, 3.8) is 0 Å². The van der Waals surface area contributed by atoms with Crippen LogP contribution in [0.3, 0.4) is 0 Å². The average molecular weight is 321 g/mol. The molecule has 0 saturated carbocycles. The zero-order chi connectivity index (χ0) is 13.8. The summed E-state index contributed by atoms with van der Waals surface area (Å²) in [5.74, 6) is -0.550. The second kappa shape index (κ2) is 5.80. The van der Waals surface area contributed by atoms with Gasteiger partial charge in [0.15, 0.2) is 5.78 Å². The summed E-state index contributed by atoms with van der Waals surface area (Å²) in [6.45, 7) is 0. The fraction of sp³-hybridized carbons (Fsp3) is 0. The molecule has 4 heteroatoms. The third kappa shape index (κ3) is 3.51. The number of phenolic OH excluding ortho intramolecular Hbond substituents is 1. The van der Waals surface area contributed by atoms with Crippen LogP contribution in [0.4, 0.5) is 4.39 Å². The summed E-state index contributed by atoms with van der Waals surface area (Å²) >= 11 is 3.17. The minimum absolute atomic E-state index is 0.0967. The van der Waals surface area contributed by atoms with Gasteiger partial charge in [-0.05, 0) is 48.6 Å². The van der Waals surface area contributed by atoms with Crippen molar-refractivity contribution in [1.82, 2.24) is 0 Å². The molecule has 0 aromatic heterocycles. The molecule has 0 unspecified atom stereocenters. The lowest BCUT2D eigenvalue weighted by Crippen LogP contribution is -1.93. The number of aromatic hydroxyl groups is 1. The van der Waals surface area contributed by atoms with Gasteiger partial charge in [-0.25, -0.2) is 4.39 Å². The first-order chi connectivity index (χ1) is 9.06. The van der Waals surface area contributed by atoms with Crippen LogP contribution >= 0.6 is 15.9 Å². The Hall–Kier alpha value is -1.94. The first-order valence-corrected chi connectivity index (χ1v) is 6.32. The molecule has 96 valence electrons. The third-order valence-electron chi connectivity index (χ3n) is 2.53. The van der Waals surface area contributed by atoms with Crippen LogP contribution in [0.15, 0.2) is 53.0 Å². The van der Waals surface area contributed by atoms with Crippen molar-refractivity contribution in [2.24, 2.45) is 0 Å². The van der Waals surface area contributed by atoms with E-state index in [1.54, 1.807) is 12.1 Å². The second-order valence-corrected chi connectivity index (χ2v) is 4.83. The minimum Gasteiger partial charge on any atom is -0.508 e. The Kier molecular flexibility index (Phi) is 4.12. The summed E-state index contributed by atoms with van der Waals surface area (Å²) in [4.78, 5) is 11.8. The number of rotatable bonds is 3. The van der Waals surface area contributed by atoms with Crippen molar-refractivity contribution < 1.29 is 14.3 Å². The number of hydrogen-bond donors (Lipinski definition) is 1. The van der Waals surface area contributed by atoms with E-state index >= 15 is 0 Å². The van der Waals surface area contributed by atoms with Crippen LogP contribution in [0.2, 0.25) is 0 Å². The molecule has 0 radical (unpaired) electrons. The number of phenols is 1. The number of benzene rings is 2. The van der Waals surface area contributed by atoms with Crippen LogP contribution in [0.25, 0.3) is 6.08 Å². The molecule has 0 spiro atoms. The largest absolute Gasteiger partial charge is 0.508 e. The first-order valence-electron chi connectivity index (χ1n) is 5.53. The van der Waals surface area contributed by atoms with Gasteiger partial charge in [0, 0.05) is 15.6 Å². The van der Waals surface area contributed by atoms with Crippen LogP contribution in [-0.2, 0) is 0 Å². The first kappa shape index (κ1) is 13.5.